The van der Waals surface area contributed by atoms with Gasteiger partial charge in [0, 0.05) is 6.54 Å². The molecule has 3 heteroatoms. The first-order chi connectivity index (χ1) is 5.31. The largest absolute Gasteiger partial charge is 0.419 e. The molecule has 1 amide bonds. The van der Waals surface area contributed by atoms with Crippen molar-refractivity contribution >= 4 is 6.09 Å². The van der Waals surface area contributed by atoms with Gasteiger partial charge in [-0.1, -0.05) is 19.4 Å². The fourth-order valence-corrected chi connectivity index (χ4v) is 0.539. The number of nitrogens with one attached hydrogen (secondary N) is 1. The average molecular weight is 157 g/mol. The Kier molecular flexibility index (Phi) is 6.48. The molecule has 0 aromatic heterocycles. The van der Waals surface area contributed by atoms with Crippen molar-refractivity contribution in [3.05, 3.63) is 12.3 Å². The smallest absolute Gasteiger partial charge is 0.411 e. The van der Waals surface area contributed by atoms with E-state index in [-0.39, 0.29) is 6.09 Å². The fraction of sp³-hybridized carbons (Fsp3) is 0.625. The van der Waals surface area contributed by atoms with Gasteiger partial charge in [0.15, 0.2) is 0 Å². The lowest BCUT2D eigenvalue weighted by atomic mass is 10.3. The van der Waals surface area contributed by atoms with Gasteiger partial charge in [-0.05, 0) is 13.3 Å². The third kappa shape index (κ3) is 6.90. The Bertz CT molecular complexity index is 132. The minimum absolute atomic E-state index is 0.378. The Morgan fingerprint density at radius 1 is 1.64 bits per heavy atom. The highest BCUT2D eigenvalue weighted by Gasteiger charge is 1.95. The maximum Gasteiger partial charge on any atom is 0.411 e. The Morgan fingerprint density at radius 2 is 2.36 bits per heavy atom. The number of amides is 1. The van der Waals surface area contributed by atoms with E-state index in [4.69, 9.17) is 0 Å². The topological polar surface area (TPSA) is 38.3 Å². The Morgan fingerprint density at radius 3 is 2.91 bits per heavy atom. The molecule has 11 heavy (non-hydrogen) atoms. The van der Waals surface area contributed by atoms with Crippen molar-refractivity contribution in [2.45, 2.75) is 26.7 Å². The fourth-order valence-electron chi connectivity index (χ4n) is 0.539. The molecule has 0 fully saturated rings. The Balaban J connectivity index is 3.23. The van der Waals surface area contributed by atoms with Gasteiger partial charge in [-0.25, -0.2) is 4.79 Å². The van der Waals surface area contributed by atoms with Crippen molar-refractivity contribution in [3.8, 4) is 0 Å². The lowest BCUT2D eigenvalue weighted by Crippen LogP contribution is -2.23. The second kappa shape index (κ2) is 7.12. The summed E-state index contributed by atoms with van der Waals surface area (Å²) in [4.78, 5) is 10.7. The van der Waals surface area contributed by atoms with Crippen LogP contribution in [0.3, 0.4) is 0 Å². The molecule has 0 aliphatic carbocycles. The van der Waals surface area contributed by atoms with Gasteiger partial charge in [-0.3, -0.25) is 0 Å². The molecule has 0 saturated carbocycles. The van der Waals surface area contributed by atoms with Crippen molar-refractivity contribution in [2.24, 2.45) is 0 Å². The van der Waals surface area contributed by atoms with E-state index in [0.717, 1.165) is 12.8 Å². The predicted octanol–water partition coefficient (Wildman–Crippen LogP) is 2.05. The molecular formula is C8H15NO2. The zero-order chi connectivity index (χ0) is 8.53. The molecule has 0 atom stereocenters. The first-order valence-corrected chi connectivity index (χ1v) is 3.87. The standard InChI is InChI=1S/C8H15NO2/c1-3-5-6-9-8(10)11-7-4-2/h4,7H,3,5-6H2,1-2H3,(H,9,10). The van der Waals surface area contributed by atoms with Crippen LogP contribution in [-0.4, -0.2) is 12.6 Å². The van der Waals surface area contributed by atoms with E-state index in [1.807, 2.05) is 0 Å². The molecule has 0 aromatic carbocycles. The van der Waals surface area contributed by atoms with Crippen molar-refractivity contribution in [3.63, 3.8) is 0 Å². The van der Waals surface area contributed by atoms with E-state index in [0.29, 0.717) is 6.54 Å². The van der Waals surface area contributed by atoms with E-state index >= 15 is 0 Å². The van der Waals surface area contributed by atoms with Crippen molar-refractivity contribution in [1.29, 1.82) is 0 Å². The third-order valence-electron chi connectivity index (χ3n) is 1.11. The summed E-state index contributed by atoms with van der Waals surface area (Å²) in [5.41, 5.74) is 0. The van der Waals surface area contributed by atoms with Gasteiger partial charge in [-0.2, -0.15) is 0 Å². The van der Waals surface area contributed by atoms with Crippen LogP contribution in [0.1, 0.15) is 26.7 Å². The molecule has 64 valence electrons. The first-order valence-electron chi connectivity index (χ1n) is 3.87. The quantitative estimate of drug-likeness (QED) is 0.501. The molecular weight excluding hydrogens is 142 g/mol. The summed E-state index contributed by atoms with van der Waals surface area (Å²) in [6.07, 6.45) is 4.71. The molecule has 0 radical (unpaired) electrons. The summed E-state index contributed by atoms with van der Waals surface area (Å²) in [5, 5.41) is 2.61. The molecule has 3 nitrogen and oxygen atoms in total. The molecule has 0 aliphatic rings. The summed E-state index contributed by atoms with van der Waals surface area (Å²) < 4.78 is 4.61. The number of alkyl carbamates (subject to hydrolysis) is 1. The van der Waals surface area contributed by atoms with Crippen LogP contribution >= 0.6 is 0 Å². The first kappa shape index (κ1) is 10.0. The molecule has 0 spiro atoms. The lowest BCUT2D eigenvalue weighted by Gasteiger charge is -2.00. The average Bonchev–Trinajstić information content (AvgIpc) is 2.01. The van der Waals surface area contributed by atoms with E-state index in [1.165, 1.54) is 6.26 Å². The van der Waals surface area contributed by atoms with Gasteiger partial charge in [0.25, 0.3) is 0 Å². The van der Waals surface area contributed by atoms with Gasteiger partial charge in [-0.15, -0.1) is 0 Å². The maximum absolute atomic E-state index is 10.7. The molecule has 0 heterocycles. The van der Waals surface area contributed by atoms with E-state index in [1.54, 1.807) is 13.0 Å². The number of hydrogen-bond donors (Lipinski definition) is 1. The molecule has 0 bridgehead atoms. The van der Waals surface area contributed by atoms with Crippen LogP contribution in [0.4, 0.5) is 4.79 Å². The number of carbonyl (C=O) groups is 1. The highest BCUT2D eigenvalue weighted by atomic mass is 16.5. The Hall–Kier alpha value is -0.990. The minimum atomic E-state index is -0.378. The van der Waals surface area contributed by atoms with Crippen LogP contribution in [0.5, 0.6) is 0 Å². The zero-order valence-corrected chi connectivity index (χ0v) is 7.09. The van der Waals surface area contributed by atoms with Crippen molar-refractivity contribution in [2.75, 3.05) is 6.54 Å². The number of rotatable bonds is 4. The van der Waals surface area contributed by atoms with Gasteiger partial charge in [0.05, 0.1) is 6.26 Å². The SMILES string of the molecule is CC=COC(=O)NCCCC. The molecule has 0 aliphatic heterocycles. The highest BCUT2D eigenvalue weighted by molar-refractivity contribution is 5.67. The molecule has 1 N–H and O–H groups in total. The van der Waals surface area contributed by atoms with E-state index in [2.05, 4.69) is 17.0 Å². The molecule has 0 saturated heterocycles. The molecule has 0 unspecified atom stereocenters. The van der Waals surface area contributed by atoms with Gasteiger partial charge in [0.2, 0.25) is 0 Å². The lowest BCUT2D eigenvalue weighted by molar-refractivity contribution is 0.185. The van der Waals surface area contributed by atoms with Crippen LogP contribution in [0.15, 0.2) is 12.3 Å². The number of unbranched alkanes of at least 4 members (excludes halogenated alkanes) is 1. The van der Waals surface area contributed by atoms with E-state index in [9.17, 15) is 4.79 Å². The third-order valence-corrected chi connectivity index (χ3v) is 1.11. The number of carbonyl (C=O) groups excluding carboxylic acids is 1. The normalized spacial score (nSPS) is 10.0. The van der Waals surface area contributed by atoms with Crippen LogP contribution in [0, 0.1) is 0 Å². The molecule has 0 aromatic rings. The Labute approximate surface area is 67.4 Å². The van der Waals surface area contributed by atoms with Crippen molar-refractivity contribution < 1.29 is 9.53 Å². The summed E-state index contributed by atoms with van der Waals surface area (Å²) in [7, 11) is 0. The van der Waals surface area contributed by atoms with Gasteiger partial charge in [0.1, 0.15) is 0 Å². The van der Waals surface area contributed by atoms with Crippen LogP contribution in [0.25, 0.3) is 0 Å². The summed E-state index contributed by atoms with van der Waals surface area (Å²) >= 11 is 0. The minimum Gasteiger partial charge on any atom is -0.419 e. The molecule has 0 rings (SSSR count). The predicted molar refractivity (Wildman–Crippen MR) is 44.2 cm³/mol. The van der Waals surface area contributed by atoms with Crippen molar-refractivity contribution in [1.82, 2.24) is 5.32 Å². The van der Waals surface area contributed by atoms with Gasteiger partial charge >= 0.3 is 6.09 Å². The van der Waals surface area contributed by atoms with Gasteiger partial charge < -0.3 is 10.1 Å². The summed E-state index contributed by atoms with van der Waals surface area (Å²) in [5.74, 6) is 0. The number of allylic oxidation sites excluding steroid dienone is 1. The summed E-state index contributed by atoms with van der Waals surface area (Å²) in [6, 6.07) is 0. The number of hydrogen-bond acceptors (Lipinski definition) is 2. The van der Waals surface area contributed by atoms with Crippen LogP contribution < -0.4 is 5.32 Å². The van der Waals surface area contributed by atoms with Crippen LogP contribution in [0.2, 0.25) is 0 Å². The highest BCUT2D eigenvalue weighted by Crippen LogP contribution is 1.84. The maximum atomic E-state index is 10.7. The second-order valence-corrected chi connectivity index (χ2v) is 2.16. The second-order valence-electron chi connectivity index (χ2n) is 2.16. The van der Waals surface area contributed by atoms with Crippen LogP contribution in [-0.2, 0) is 4.74 Å². The summed E-state index contributed by atoms with van der Waals surface area (Å²) in [6.45, 7) is 4.55. The monoisotopic (exact) mass is 157 g/mol. The number of ether oxygens (including phenoxy) is 1. The van der Waals surface area contributed by atoms with E-state index < -0.39 is 0 Å². The zero-order valence-electron chi connectivity index (χ0n) is 7.09.